The van der Waals surface area contributed by atoms with Crippen molar-refractivity contribution in [2.75, 3.05) is 4.72 Å². The predicted molar refractivity (Wildman–Crippen MR) is 75.9 cm³/mol. The van der Waals surface area contributed by atoms with Gasteiger partial charge in [-0.05, 0) is 36.8 Å². The van der Waals surface area contributed by atoms with Crippen LogP contribution in [0.3, 0.4) is 0 Å². The number of nitrogens with one attached hydrogen (secondary N) is 1. The fourth-order valence-electron chi connectivity index (χ4n) is 1.57. The molecule has 0 spiro atoms. The molecule has 1 N–H and O–H groups in total. The second-order valence-corrected chi connectivity index (χ2v) is 6.11. The Hall–Kier alpha value is -2.10. The number of benzene rings is 1. The van der Waals surface area contributed by atoms with E-state index in [-0.39, 0.29) is 15.5 Å². The SMILES string of the molecule is Cc1cnccc1NS(=O)(=O)c1cc(C#N)ccc1Cl. The van der Waals surface area contributed by atoms with Gasteiger partial charge in [0.15, 0.2) is 0 Å². The monoisotopic (exact) mass is 307 g/mol. The van der Waals surface area contributed by atoms with Crippen LogP contribution in [0.4, 0.5) is 5.69 Å². The molecule has 0 saturated carbocycles. The van der Waals surface area contributed by atoms with Gasteiger partial charge in [0, 0.05) is 12.4 Å². The predicted octanol–water partition coefficient (Wildman–Crippen LogP) is 2.72. The third-order valence-corrected chi connectivity index (χ3v) is 4.46. The minimum atomic E-state index is -3.86. The smallest absolute Gasteiger partial charge is 0.263 e. The summed E-state index contributed by atoms with van der Waals surface area (Å²) in [6.07, 6.45) is 3.03. The van der Waals surface area contributed by atoms with Crippen LogP contribution in [-0.2, 0) is 10.0 Å². The molecule has 0 aliphatic rings. The lowest BCUT2D eigenvalue weighted by atomic mass is 10.2. The zero-order valence-corrected chi connectivity index (χ0v) is 12.0. The summed E-state index contributed by atoms with van der Waals surface area (Å²) in [5, 5.41) is 8.89. The van der Waals surface area contributed by atoms with Gasteiger partial charge in [-0.2, -0.15) is 5.26 Å². The number of hydrogen-bond acceptors (Lipinski definition) is 4. The van der Waals surface area contributed by atoms with Crippen molar-refractivity contribution in [2.45, 2.75) is 11.8 Å². The Bertz CT molecular complexity index is 798. The maximum atomic E-state index is 12.3. The summed E-state index contributed by atoms with van der Waals surface area (Å²) < 4.78 is 27.1. The molecule has 0 unspecified atom stereocenters. The normalized spacial score (nSPS) is 10.8. The van der Waals surface area contributed by atoms with Gasteiger partial charge in [0.2, 0.25) is 0 Å². The second-order valence-electron chi connectivity index (χ2n) is 4.05. The van der Waals surface area contributed by atoms with Crippen molar-refractivity contribution in [2.24, 2.45) is 0 Å². The lowest BCUT2D eigenvalue weighted by Gasteiger charge is -2.11. The molecular weight excluding hydrogens is 298 g/mol. The third kappa shape index (κ3) is 2.90. The first-order chi connectivity index (χ1) is 9.44. The van der Waals surface area contributed by atoms with Crippen LogP contribution in [0.25, 0.3) is 0 Å². The number of anilines is 1. The van der Waals surface area contributed by atoms with Crippen molar-refractivity contribution < 1.29 is 8.42 Å². The van der Waals surface area contributed by atoms with Gasteiger partial charge >= 0.3 is 0 Å². The van der Waals surface area contributed by atoms with E-state index in [1.807, 2.05) is 6.07 Å². The number of halogens is 1. The minimum absolute atomic E-state index is 0.0585. The van der Waals surface area contributed by atoms with E-state index in [0.717, 1.165) is 0 Å². The summed E-state index contributed by atoms with van der Waals surface area (Å²) >= 11 is 5.90. The molecule has 0 atom stereocenters. The van der Waals surface area contributed by atoms with E-state index in [1.165, 1.54) is 24.4 Å². The van der Waals surface area contributed by atoms with Gasteiger partial charge in [-0.15, -0.1) is 0 Å². The highest BCUT2D eigenvalue weighted by Gasteiger charge is 2.19. The van der Waals surface area contributed by atoms with Crippen molar-refractivity contribution in [1.82, 2.24) is 4.98 Å². The van der Waals surface area contributed by atoms with E-state index in [9.17, 15) is 8.42 Å². The van der Waals surface area contributed by atoms with Crippen LogP contribution >= 0.6 is 11.6 Å². The number of pyridine rings is 1. The number of nitriles is 1. The first-order valence-electron chi connectivity index (χ1n) is 5.57. The largest absolute Gasteiger partial charge is 0.279 e. The third-order valence-electron chi connectivity index (χ3n) is 2.61. The molecule has 0 saturated heterocycles. The summed E-state index contributed by atoms with van der Waals surface area (Å²) in [6.45, 7) is 1.73. The van der Waals surface area contributed by atoms with E-state index in [2.05, 4.69) is 9.71 Å². The Morgan fingerprint density at radius 3 is 2.75 bits per heavy atom. The van der Waals surface area contributed by atoms with Crippen LogP contribution in [0, 0.1) is 18.3 Å². The lowest BCUT2D eigenvalue weighted by Crippen LogP contribution is -2.14. The molecule has 1 aromatic heterocycles. The molecule has 5 nitrogen and oxygen atoms in total. The molecule has 1 heterocycles. The molecule has 2 rings (SSSR count). The fraction of sp³-hybridized carbons (Fsp3) is 0.0769. The van der Waals surface area contributed by atoms with Crippen LogP contribution in [-0.4, -0.2) is 13.4 Å². The maximum absolute atomic E-state index is 12.3. The van der Waals surface area contributed by atoms with Crippen molar-refractivity contribution in [3.8, 4) is 6.07 Å². The molecule has 102 valence electrons. The highest BCUT2D eigenvalue weighted by Crippen LogP contribution is 2.25. The van der Waals surface area contributed by atoms with Crippen molar-refractivity contribution in [3.05, 3.63) is 52.8 Å². The van der Waals surface area contributed by atoms with Gasteiger partial charge in [0.1, 0.15) is 4.90 Å². The van der Waals surface area contributed by atoms with Crippen molar-refractivity contribution in [3.63, 3.8) is 0 Å². The summed E-state index contributed by atoms with van der Waals surface area (Å²) in [5.41, 5.74) is 1.32. The van der Waals surface area contributed by atoms with E-state index in [1.54, 1.807) is 19.2 Å². The Balaban J connectivity index is 2.47. The lowest BCUT2D eigenvalue weighted by molar-refractivity contribution is 0.601. The van der Waals surface area contributed by atoms with Gasteiger partial charge in [0.05, 0.1) is 22.3 Å². The summed E-state index contributed by atoms with van der Waals surface area (Å²) in [4.78, 5) is 3.76. The fourth-order valence-corrected chi connectivity index (χ4v) is 3.22. The number of aromatic nitrogens is 1. The molecular formula is C13H10ClN3O2S. The Labute approximate surface area is 121 Å². The van der Waals surface area contributed by atoms with E-state index in [4.69, 9.17) is 16.9 Å². The Morgan fingerprint density at radius 2 is 2.10 bits per heavy atom. The number of hydrogen-bond donors (Lipinski definition) is 1. The highest BCUT2D eigenvalue weighted by molar-refractivity contribution is 7.92. The number of aryl methyl sites for hydroxylation is 1. The standard InChI is InChI=1S/C13H10ClN3O2S/c1-9-8-16-5-4-12(9)17-20(18,19)13-6-10(7-15)2-3-11(13)14/h2-6,8H,1H3,(H,16,17). The quantitative estimate of drug-likeness (QED) is 0.945. The van der Waals surface area contributed by atoms with Gasteiger partial charge in [-0.1, -0.05) is 11.6 Å². The van der Waals surface area contributed by atoms with Crippen molar-refractivity contribution in [1.29, 1.82) is 5.26 Å². The van der Waals surface area contributed by atoms with Crippen LogP contribution < -0.4 is 4.72 Å². The molecule has 0 aliphatic heterocycles. The summed E-state index contributed by atoms with van der Waals surface area (Å²) in [5.74, 6) is 0. The minimum Gasteiger partial charge on any atom is -0.279 e. The molecule has 0 amide bonds. The molecule has 0 fully saturated rings. The van der Waals surface area contributed by atoms with Gasteiger partial charge < -0.3 is 0 Å². The second kappa shape index (κ2) is 5.49. The van der Waals surface area contributed by atoms with Gasteiger partial charge in [-0.3, -0.25) is 9.71 Å². The van der Waals surface area contributed by atoms with Crippen LogP contribution in [0.5, 0.6) is 0 Å². The van der Waals surface area contributed by atoms with E-state index < -0.39 is 10.0 Å². The maximum Gasteiger partial charge on any atom is 0.263 e. The number of nitrogens with zero attached hydrogens (tertiary/aromatic N) is 2. The molecule has 0 aliphatic carbocycles. The zero-order valence-electron chi connectivity index (χ0n) is 10.5. The Morgan fingerprint density at radius 1 is 1.35 bits per heavy atom. The molecule has 20 heavy (non-hydrogen) atoms. The van der Waals surface area contributed by atoms with Crippen LogP contribution in [0.2, 0.25) is 5.02 Å². The summed E-state index contributed by atoms with van der Waals surface area (Å²) in [7, 11) is -3.86. The molecule has 0 radical (unpaired) electrons. The summed E-state index contributed by atoms with van der Waals surface area (Å²) in [6, 6.07) is 7.51. The van der Waals surface area contributed by atoms with Crippen molar-refractivity contribution >= 4 is 27.3 Å². The molecule has 1 aromatic carbocycles. The topological polar surface area (TPSA) is 82.8 Å². The number of sulfonamides is 1. The average Bonchev–Trinajstić information content (AvgIpc) is 2.41. The molecule has 0 bridgehead atoms. The zero-order chi connectivity index (χ0) is 14.8. The van der Waals surface area contributed by atoms with E-state index >= 15 is 0 Å². The molecule has 7 heteroatoms. The van der Waals surface area contributed by atoms with Crippen LogP contribution in [0.15, 0.2) is 41.6 Å². The first-order valence-corrected chi connectivity index (χ1v) is 7.43. The van der Waals surface area contributed by atoms with Gasteiger partial charge in [0.25, 0.3) is 10.0 Å². The van der Waals surface area contributed by atoms with Gasteiger partial charge in [-0.25, -0.2) is 8.42 Å². The van der Waals surface area contributed by atoms with E-state index in [0.29, 0.717) is 11.3 Å². The Kier molecular flexibility index (Phi) is 3.93. The average molecular weight is 308 g/mol. The van der Waals surface area contributed by atoms with Crippen LogP contribution in [0.1, 0.15) is 11.1 Å². The number of rotatable bonds is 3. The molecule has 2 aromatic rings. The highest BCUT2D eigenvalue weighted by atomic mass is 35.5. The first kappa shape index (κ1) is 14.3.